The number of nitrogens with one attached hydrogen (secondary N) is 2. The number of esters is 1. The second-order valence-corrected chi connectivity index (χ2v) is 8.40. The lowest BCUT2D eigenvalue weighted by Crippen LogP contribution is -2.34. The van der Waals surface area contributed by atoms with Crippen molar-refractivity contribution < 1.29 is 14.3 Å². The molecule has 35 heavy (non-hydrogen) atoms. The van der Waals surface area contributed by atoms with Crippen LogP contribution < -0.4 is 10.6 Å². The summed E-state index contributed by atoms with van der Waals surface area (Å²) in [5.41, 5.74) is 4.12. The first kappa shape index (κ1) is 26.0. The standard InChI is InChI=1S/C29H35N3O3/c1-35-28(33)18-10-21-32(23-19-24-12-4-2-5-13-24)22-11-20-30-29(34)31-27-17-9-8-16-26(27)25-14-6-3-7-15-25/h2-9,12-17H,10-11,18-23H2,1H3,(H2,30,31,34). The number of ether oxygens (including phenoxy) is 1. The topological polar surface area (TPSA) is 70.7 Å². The van der Waals surface area contributed by atoms with Gasteiger partial charge in [0.05, 0.1) is 12.8 Å². The molecule has 0 fully saturated rings. The third kappa shape index (κ3) is 9.26. The highest BCUT2D eigenvalue weighted by Gasteiger charge is 2.10. The van der Waals surface area contributed by atoms with E-state index in [1.165, 1.54) is 12.7 Å². The first-order valence-electron chi connectivity index (χ1n) is 12.2. The predicted octanol–water partition coefficient (Wildman–Crippen LogP) is 5.36. The van der Waals surface area contributed by atoms with Crippen LogP contribution >= 0.6 is 0 Å². The van der Waals surface area contributed by atoms with E-state index < -0.39 is 0 Å². The maximum atomic E-state index is 12.5. The Balaban J connectivity index is 1.46. The second-order valence-electron chi connectivity index (χ2n) is 8.40. The fourth-order valence-corrected chi connectivity index (χ4v) is 3.95. The number of benzene rings is 3. The maximum absolute atomic E-state index is 12.5. The third-order valence-corrected chi connectivity index (χ3v) is 5.84. The van der Waals surface area contributed by atoms with Crippen LogP contribution in [0.5, 0.6) is 0 Å². The largest absolute Gasteiger partial charge is 0.469 e. The SMILES string of the molecule is COC(=O)CCCN(CCCNC(=O)Nc1ccccc1-c1ccccc1)CCc1ccccc1. The Morgan fingerprint density at radius 3 is 2.20 bits per heavy atom. The van der Waals surface area contributed by atoms with Gasteiger partial charge in [-0.25, -0.2) is 4.79 Å². The van der Waals surface area contributed by atoms with Gasteiger partial charge in [-0.2, -0.15) is 0 Å². The van der Waals surface area contributed by atoms with E-state index in [0.717, 1.165) is 55.7 Å². The quantitative estimate of drug-likeness (QED) is 0.259. The predicted molar refractivity (Wildman–Crippen MR) is 141 cm³/mol. The van der Waals surface area contributed by atoms with Crippen LogP contribution in [-0.4, -0.2) is 50.2 Å². The van der Waals surface area contributed by atoms with Crippen LogP contribution in [-0.2, 0) is 16.0 Å². The van der Waals surface area contributed by atoms with E-state index in [2.05, 4.69) is 39.8 Å². The number of para-hydroxylation sites is 1. The van der Waals surface area contributed by atoms with E-state index in [4.69, 9.17) is 4.74 Å². The number of amides is 2. The molecule has 6 nitrogen and oxygen atoms in total. The summed E-state index contributed by atoms with van der Waals surface area (Å²) in [6, 6.07) is 28.0. The van der Waals surface area contributed by atoms with Crippen LogP contribution in [0.25, 0.3) is 11.1 Å². The number of anilines is 1. The van der Waals surface area contributed by atoms with Crippen LogP contribution in [0.1, 0.15) is 24.8 Å². The zero-order valence-electron chi connectivity index (χ0n) is 20.4. The molecule has 2 amide bonds. The molecule has 0 atom stereocenters. The molecule has 0 radical (unpaired) electrons. The molecule has 3 aromatic rings. The molecule has 3 rings (SSSR count). The molecule has 0 spiro atoms. The number of carbonyl (C=O) groups is 2. The summed E-state index contributed by atoms with van der Waals surface area (Å²) in [6.45, 7) is 3.13. The Morgan fingerprint density at radius 2 is 1.46 bits per heavy atom. The molecule has 6 heteroatoms. The summed E-state index contributed by atoms with van der Waals surface area (Å²) in [7, 11) is 1.42. The van der Waals surface area contributed by atoms with Gasteiger partial charge in [-0.15, -0.1) is 0 Å². The minimum atomic E-state index is -0.213. The van der Waals surface area contributed by atoms with Crippen molar-refractivity contribution in [2.45, 2.75) is 25.7 Å². The first-order chi connectivity index (χ1) is 17.2. The number of urea groups is 1. The van der Waals surface area contributed by atoms with Gasteiger partial charge in [0.25, 0.3) is 0 Å². The highest BCUT2D eigenvalue weighted by Crippen LogP contribution is 2.27. The lowest BCUT2D eigenvalue weighted by Gasteiger charge is -2.22. The number of nitrogens with zero attached hydrogens (tertiary/aromatic N) is 1. The third-order valence-electron chi connectivity index (χ3n) is 5.84. The molecule has 3 aromatic carbocycles. The Morgan fingerprint density at radius 1 is 0.800 bits per heavy atom. The summed E-state index contributed by atoms with van der Waals surface area (Å²) in [6.07, 6.45) is 2.94. The van der Waals surface area contributed by atoms with E-state index in [0.29, 0.717) is 13.0 Å². The van der Waals surface area contributed by atoms with Crippen LogP contribution in [0.15, 0.2) is 84.9 Å². The Labute approximate surface area is 208 Å². The van der Waals surface area contributed by atoms with Gasteiger partial charge in [-0.3, -0.25) is 4.79 Å². The molecule has 0 saturated heterocycles. The van der Waals surface area contributed by atoms with Gasteiger partial charge >= 0.3 is 12.0 Å². The monoisotopic (exact) mass is 473 g/mol. The smallest absolute Gasteiger partial charge is 0.319 e. The van der Waals surface area contributed by atoms with Crippen molar-refractivity contribution in [2.24, 2.45) is 0 Å². The van der Waals surface area contributed by atoms with Gasteiger partial charge in [-0.1, -0.05) is 78.9 Å². The Bertz CT molecular complexity index is 1040. The Hall–Kier alpha value is -3.64. The van der Waals surface area contributed by atoms with Gasteiger partial charge < -0.3 is 20.3 Å². The molecule has 0 saturated carbocycles. The van der Waals surface area contributed by atoms with E-state index in [-0.39, 0.29) is 12.0 Å². The summed E-state index contributed by atoms with van der Waals surface area (Å²) in [4.78, 5) is 26.4. The minimum absolute atomic E-state index is 0.179. The number of methoxy groups -OCH3 is 1. The molecular formula is C29H35N3O3. The normalized spacial score (nSPS) is 10.7. The molecule has 0 bridgehead atoms. The lowest BCUT2D eigenvalue weighted by atomic mass is 10.0. The van der Waals surface area contributed by atoms with E-state index in [1.807, 2.05) is 60.7 Å². The van der Waals surface area contributed by atoms with E-state index >= 15 is 0 Å². The first-order valence-corrected chi connectivity index (χ1v) is 12.2. The molecule has 0 aromatic heterocycles. The summed E-state index contributed by atoms with van der Waals surface area (Å²) < 4.78 is 4.76. The number of hydrogen-bond acceptors (Lipinski definition) is 4. The number of hydrogen-bond donors (Lipinski definition) is 2. The minimum Gasteiger partial charge on any atom is -0.469 e. The van der Waals surface area contributed by atoms with Crippen molar-refractivity contribution in [2.75, 3.05) is 38.6 Å². The van der Waals surface area contributed by atoms with Crippen LogP contribution in [0.3, 0.4) is 0 Å². The molecule has 0 unspecified atom stereocenters. The second kappa shape index (κ2) is 14.6. The van der Waals surface area contributed by atoms with Crippen molar-refractivity contribution in [3.8, 4) is 11.1 Å². The highest BCUT2D eigenvalue weighted by molar-refractivity contribution is 5.94. The average Bonchev–Trinajstić information content (AvgIpc) is 2.90. The average molecular weight is 474 g/mol. The molecule has 184 valence electrons. The van der Waals surface area contributed by atoms with E-state index in [1.54, 1.807) is 0 Å². The van der Waals surface area contributed by atoms with Crippen LogP contribution in [0.2, 0.25) is 0 Å². The van der Waals surface area contributed by atoms with Crippen molar-refractivity contribution in [1.29, 1.82) is 0 Å². The summed E-state index contributed by atoms with van der Waals surface area (Å²) in [5.74, 6) is -0.179. The van der Waals surface area contributed by atoms with Crippen molar-refractivity contribution in [3.05, 3.63) is 90.5 Å². The fourth-order valence-electron chi connectivity index (χ4n) is 3.95. The maximum Gasteiger partial charge on any atom is 0.319 e. The highest BCUT2D eigenvalue weighted by atomic mass is 16.5. The van der Waals surface area contributed by atoms with Crippen molar-refractivity contribution in [3.63, 3.8) is 0 Å². The lowest BCUT2D eigenvalue weighted by molar-refractivity contribution is -0.140. The summed E-state index contributed by atoms with van der Waals surface area (Å²) in [5, 5.41) is 5.95. The summed E-state index contributed by atoms with van der Waals surface area (Å²) >= 11 is 0. The zero-order valence-corrected chi connectivity index (χ0v) is 20.4. The zero-order chi connectivity index (χ0) is 24.7. The fraction of sp³-hybridized carbons (Fsp3) is 0.310. The van der Waals surface area contributed by atoms with Crippen molar-refractivity contribution in [1.82, 2.24) is 10.2 Å². The van der Waals surface area contributed by atoms with Crippen LogP contribution in [0, 0.1) is 0 Å². The number of rotatable bonds is 13. The van der Waals surface area contributed by atoms with Gasteiger partial charge in [0.1, 0.15) is 0 Å². The van der Waals surface area contributed by atoms with Gasteiger partial charge in [0.15, 0.2) is 0 Å². The molecule has 0 heterocycles. The van der Waals surface area contributed by atoms with E-state index in [9.17, 15) is 9.59 Å². The number of carbonyl (C=O) groups excluding carboxylic acids is 2. The molecular weight excluding hydrogens is 438 g/mol. The molecule has 2 N–H and O–H groups in total. The molecule has 0 aliphatic heterocycles. The van der Waals surface area contributed by atoms with Crippen molar-refractivity contribution >= 4 is 17.7 Å². The molecule has 0 aliphatic carbocycles. The van der Waals surface area contributed by atoms with Gasteiger partial charge in [0.2, 0.25) is 0 Å². The van der Waals surface area contributed by atoms with Gasteiger partial charge in [-0.05, 0) is 49.5 Å². The van der Waals surface area contributed by atoms with Gasteiger partial charge in [0, 0.05) is 25.1 Å². The van der Waals surface area contributed by atoms with Crippen LogP contribution in [0.4, 0.5) is 10.5 Å². The molecule has 0 aliphatic rings. The Kier molecular flexibility index (Phi) is 10.8.